The molecule has 1 heterocycles. The summed E-state index contributed by atoms with van der Waals surface area (Å²) < 4.78 is 12.2. The lowest BCUT2D eigenvalue weighted by Crippen LogP contribution is -2.42. The predicted molar refractivity (Wildman–Crippen MR) is 52.5 cm³/mol. The first kappa shape index (κ1) is 9.45. The molecule has 0 aromatic carbocycles. The van der Waals surface area contributed by atoms with Crippen LogP contribution in [0.25, 0.3) is 0 Å². The average Bonchev–Trinajstić information content (AvgIpc) is 2.18. The van der Waals surface area contributed by atoms with Gasteiger partial charge in [-0.25, -0.2) is 4.39 Å². The van der Waals surface area contributed by atoms with Crippen LogP contribution >= 0.6 is 0 Å². The molecule has 0 radical (unpaired) electrons. The standard InChI is InChI=1S/C11H20FN/c12-6-8-13-7-5-10-3-1-2-4-11(10)9-13/h10-11H,1-9H2. The van der Waals surface area contributed by atoms with Gasteiger partial charge in [0.1, 0.15) is 6.67 Å². The summed E-state index contributed by atoms with van der Waals surface area (Å²) in [5.41, 5.74) is 0. The van der Waals surface area contributed by atoms with E-state index in [-0.39, 0.29) is 6.67 Å². The fourth-order valence-corrected chi connectivity index (χ4v) is 3.00. The summed E-state index contributed by atoms with van der Waals surface area (Å²) in [6.07, 6.45) is 7.00. The normalized spacial score (nSPS) is 35.8. The quantitative estimate of drug-likeness (QED) is 0.639. The Labute approximate surface area is 80.3 Å². The Kier molecular flexibility index (Phi) is 3.20. The van der Waals surface area contributed by atoms with Gasteiger partial charge in [0.05, 0.1) is 0 Å². The molecule has 0 aromatic heterocycles. The monoisotopic (exact) mass is 185 g/mol. The molecule has 2 fully saturated rings. The lowest BCUT2D eigenvalue weighted by atomic mass is 9.75. The zero-order valence-electron chi connectivity index (χ0n) is 8.34. The largest absolute Gasteiger partial charge is 0.300 e. The minimum atomic E-state index is -0.169. The fraction of sp³-hybridized carbons (Fsp3) is 1.00. The zero-order chi connectivity index (χ0) is 9.10. The lowest BCUT2D eigenvalue weighted by molar-refractivity contribution is 0.0826. The SMILES string of the molecule is FCCN1CCC2CCCCC2C1. The summed E-state index contributed by atoms with van der Waals surface area (Å²) in [5.74, 6) is 1.87. The zero-order valence-corrected chi connectivity index (χ0v) is 8.34. The maximum absolute atomic E-state index is 12.2. The first-order valence-electron chi connectivity index (χ1n) is 5.68. The topological polar surface area (TPSA) is 3.24 Å². The molecule has 2 unspecified atom stereocenters. The number of halogens is 1. The van der Waals surface area contributed by atoms with Crippen LogP contribution in [0, 0.1) is 11.8 Å². The maximum Gasteiger partial charge on any atom is 0.102 e. The first-order chi connectivity index (χ1) is 6.40. The van der Waals surface area contributed by atoms with Crippen LogP contribution in [0.4, 0.5) is 4.39 Å². The number of piperidine rings is 1. The molecule has 1 saturated heterocycles. The smallest absolute Gasteiger partial charge is 0.102 e. The molecular weight excluding hydrogens is 165 g/mol. The van der Waals surface area contributed by atoms with Gasteiger partial charge in [0.25, 0.3) is 0 Å². The molecule has 1 aliphatic heterocycles. The highest BCUT2D eigenvalue weighted by molar-refractivity contribution is 4.83. The first-order valence-corrected chi connectivity index (χ1v) is 5.68. The summed E-state index contributed by atoms with van der Waals surface area (Å²) in [7, 11) is 0. The van der Waals surface area contributed by atoms with Gasteiger partial charge in [0, 0.05) is 13.1 Å². The van der Waals surface area contributed by atoms with Gasteiger partial charge in [-0.1, -0.05) is 19.3 Å². The van der Waals surface area contributed by atoms with Crippen molar-refractivity contribution in [2.45, 2.75) is 32.1 Å². The van der Waals surface area contributed by atoms with Gasteiger partial charge in [-0.2, -0.15) is 0 Å². The van der Waals surface area contributed by atoms with Crippen molar-refractivity contribution in [3.8, 4) is 0 Å². The Hall–Kier alpha value is -0.110. The third kappa shape index (κ3) is 2.22. The molecule has 1 aliphatic carbocycles. The summed E-state index contributed by atoms with van der Waals surface area (Å²) in [6, 6.07) is 0. The van der Waals surface area contributed by atoms with Crippen molar-refractivity contribution >= 4 is 0 Å². The number of likely N-dealkylation sites (tertiary alicyclic amines) is 1. The van der Waals surface area contributed by atoms with Crippen molar-refractivity contribution in [3.63, 3.8) is 0 Å². The molecule has 0 spiro atoms. The molecule has 0 bridgehead atoms. The van der Waals surface area contributed by atoms with E-state index < -0.39 is 0 Å². The molecule has 0 amide bonds. The maximum atomic E-state index is 12.2. The summed E-state index contributed by atoms with van der Waals surface area (Å²) in [4.78, 5) is 2.31. The van der Waals surface area contributed by atoms with E-state index in [9.17, 15) is 4.39 Å². The van der Waals surface area contributed by atoms with Gasteiger partial charge in [-0.3, -0.25) is 0 Å². The van der Waals surface area contributed by atoms with Gasteiger partial charge < -0.3 is 4.90 Å². The van der Waals surface area contributed by atoms with Crippen LogP contribution < -0.4 is 0 Å². The molecule has 2 aliphatic rings. The van der Waals surface area contributed by atoms with Crippen molar-refractivity contribution < 1.29 is 4.39 Å². The van der Waals surface area contributed by atoms with Gasteiger partial charge in [0.15, 0.2) is 0 Å². The van der Waals surface area contributed by atoms with E-state index in [1.54, 1.807) is 0 Å². The molecule has 1 nitrogen and oxygen atoms in total. The molecule has 0 N–H and O–H groups in total. The van der Waals surface area contributed by atoms with E-state index in [2.05, 4.69) is 4.90 Å². The van der Waals surface area contributed by atoms with Crippen LogP contribution in [0.15, 0.2) is 0 Å². The highest BCUT2D eigenvalue weighted by Crippen LogP contribution is 2.35. The van der Waals surface area contributed by atoms with Crippen molar-refractivity contribution in [1.82, 2.24) is 4.90 Å². The van der Waals surface area contributed by atoms with Crippen LogP contribution in [0.2, 0.25) is 0 Å². The second-order valence-corrected chi connectivity index (χ2v) is 4.58. The molecule has 2 rings (SSSR count). The molecular formula is C11H20FN. The summed E-state index contributed by atoms with van der Waals surface area (Å²) >= 11 is 0. The average molecular weight is 185 g/mol. The molecule has 2 atom stereocenters. The lowest BCUT2D eigenvalue weighted by Gasteiger charge is -2.41. The summed E-state index contributed by atoms with van der Waals surface area (Å²) in [5, 5.41) is 0. The minimum Gasteiger partial charge on any atom is -0.300 e. The highest BCUT2D eigenvalue weighted by atomic mass is 19.1. The van der Waals surface area contributed by atoms with Gasteiger partial charge in [-0.15, -0.1) is 0 Å². The number of rotatable bonds is 2. The Morgan fingerprint density at radius 2 is 1.85 bits per heavy atom. The third-order valence-corrected chi connectivity index (χ3v) is 3.78. The van der Waals surface area contributed by atoms with Crippen molar-refractivity contribution in [2.75, 3.05) is 26.3 Å². The Bertz CT molecular complexity index is 160. The number of hydrogen-bond acceptors (Lipinski definition) is 1. The van der Waals surface area contributed by atoms with Crippen LogP contribution in [0.3, 0.4) is 0 Å². The van der Waals surface area contributed by atoms with Crippen LogP contribution in [0.1, 0.15) is 32.1 Å². The van der Waals surface area contributed by atoms with E-state index >= 15 is 0 Å². The molecule has 0 aromatic rings. The fourth-order valence-electron chi connectivity index (χ4n) is 3.00. The van der Waals surface area contributed by atoms with E-state index in [0.717, 1.165) is 18.4 Å². The molecule has 76 valence electrons. The van der Waals surface area contributed by atoms with E-state index in [0.29, 0.717) is 6.54 Å². The predicted octanol–water partition coefficient (Wildman–Crippen LogP) is 2.47. The van der Waals surface area contributed by atoms with Crippen LogP contribution in [-0.2, 0) is 0 Å². The van der Waals surface area contributed by atoms with E-state index in [1.165, 1.54) is 38.6 Å². The molecule has 1 saturated carbocycles. The van der Waals surface area contributed by atoms with E-state index in [4.69, 9.17) is 0 Å². The highest BCUT2D eigenvalue weighted by Gasteiger charge is 2.30. The Balaban J connectivity index is 1.84. The van der Waals surface area contributed by atoms with Gasteiger partial charge >= 0.3 is 0 Å². The van der Waals surface area contributed by atoms with Crippen LogP contribution in [-0.4, -0.2) is 31.2 Å². The summed E-state index contributed by atoms with van der Waals surface area (Å²) in [6.45, 7) is 2.82. The minimum absolute atomic E-state index is 0.169. The van der Waals surface area contributed by atoms with Crippen molar-refractivity contribution in [1.29, 1.82) is 0 Å². The molecule has 13 heavy (non-hydrogen) atoms. The number of hydrogen-bond donors (Lipinski definition) is 0. The molecule has 2 heteroatoms. The number of fused-ring (bicyclic) bond motifs is 1. The number of alkyl halides is 1. The van der Waals surface area contributed by atoms with Crippen molar-refractivity contribution in [2.24, 2.45) is 11.8 Å². The Morgan fingerprint density at radius 1 is 1.08 bits per heavy atom. The van der Waals surface area contributed by atoms with Gasteiger partial charge in [0.2, 0.25) is 0 Å². The second kappa shape index (κ2) is 4.41. The Morgan fingerprint density at radius 3 is 2.62 bits per heavy atom. The van der Waals surface area contributed by atoms with Crippen LogP contribution in [0.5, 0.6) is 0 Å². The van der Waals surface area contributed by atoms with Crippen molar-refractivity contribution in [3.05, 3.63) is 0 Å². The van der Waals surface area contributed by atoms with Gasteiger partial charge in [-0.05, 0) is 31.2 Å². The second-order valence-electron chi connectivity index (χ2n) is 4.58. The third-order valence-electron chi connectivity index (χ3n) is 3.78. The van der Waals surface area contributed by atoms with E-state index in [1.807, 2.05) is 0 Å². The number of nitrogens with zero attached hydrogens (tertiary/aromatic N) is 1.